The van der Waals surface area contributed by atoms with E-state index in [0.29, 0.717) is 38.6 Å². The van der Waals surface area contributed by atoms with E-state index in [1.54, 1.807) is 0 Å². The highest BCUT2D eigenvalue weighted by molar-refractivity contribution is 5.72. The molecule has 51 heavy (non-hydrogen) atoms. The molecular formula is C44H79NO6. The average Bonchev–Trinajstić information content (AvgIpc) is 3.13. The zero-order valence-electron chi connectivity index (χ0n) is 33.5. The van der Waals surface area contributed by atoms with E-state index in [0.717, 1.165) is 116 Å². The van der Waals surface area contributed by atoms with Crippen molar-refractivity contribution < 1.29 is 28.6 Å². The lowest BCUT2D eigenvalue weighted by atomic mass is 9.94. The number of allylic oxidation sites excluding steroid dienone is 2. The average molecular weight is 718 g/mol. The van der Waals surface area contributed by atoms with E-state index in [-0.39, 0.29) is 23.8 Å². The second kappa shape index (κ2) is 34.9. The third-order valence-corrected chi connectivity index (χ3v) is 10.2. The zero-order chi connectivity index (χ0) is 37.0. The number of hydrogen-bond donors (Lipinski definition) is 0. The first-order valence-corrected chi connectivity index (χ1v) is 21.4. The van der Waals surface area contributed by atoms with Gasteiger partial charge in [-0.15, -0.1) is 0 Å². The largest absolute Gasteiger partial charge is 0.465 e. The second-order valence-corrected chi connectivity index (χ2v) is 15.0. The molecule has 1 saturated heterocycles. The number of carbonyl (C=O) groups is 3. The van der Waals surface area contributed by atoms with Crippen LogP contribution in [0.4, 0.5) is 0 Å². The van der Waals surface area contributed by atoms with Crippen molar-refractivity contribution in [2.75, 3.05) is 40.0 Å². The molecule has 0 spiro atoms. The molecule has 0 N–H and O–H groups in total. The van der Waals surface area contributed by atoms with Gasteiger partial charge in [0.2, 0.25) is 0 Å². The van der Waals surface area contributed by atoms with Gasteiger partial charge in [-0.05, 0) is 90.3 Å². The van der Waals surface area contributed by atoms with Crippen molar-refractivity contribution in [1.29, 1.82) is 0 Å². The minimum atomic E-state index is -0.0939. The van der Waals surface area contributed by atoms with Crippen molar-refractivity contribution in [3.05, 3.63) is 24.3 Å². The Bertz CT molecular complexity index is 894. The molecule has 0 amide bonds. The molecule has 0 radical (unpaired) electrons. The molecule has 1 aliphatic heterocycles. The van der Waals surface area contributed by atoms with Crippen LogP contribution in [0.15, 0.2) is 24.3 Å². The monoisotopic (exact) mass is 718 g/mol. The highest BCUT2D eigenvalue weighted by atomic mass is 16.5. The molecule has 0 bridgehead atoms. The predicted molar refractivity (Wildman–Crippen MR) is 212 cm³/mol. The summed E-state index contributed by atoms with van der Waals surface area (Å²) in [5, 5.41) is 0. The molecule has 0 aliphatic carbocycles. The number of nitrogens with zero attached hydrogens (tertiary/aromatic N) is 1. The minimum Gasteiger partial charge on any atom is -0.465 e. The van der Waals surface area contributed by atoms with Crippen molar-refractivity contribution in [2.45, 2.75) is 187 Å². The Morgan fingerprint density at radius 3 is 1.51 bits per heavy atom. The fourth-order valence-electron chi connectivity index (χ4n) is 6.69. The molecule has 7 nitrogen and oxygen atoms in total. The van der Waals surface area contributed by atoms with Gasteiger partial charge in [0.25, 0.3) is 0 Å². The van der Waals surface area contributed by atoms with Gasteiger partial charge in [-0.3, -0.25) is 14.4 Å². The summed E-state index contributed by atoms with van der Waals surface area (Å²) in [5.74, 6) is 0.249. The van der Waals surface area contributed by atoms with E-state index in [9.17, 15) is 14.4 Å². The molecule has 1 fully saturated rings. The molecule has 1 heterocycles. The normalized spacial score (nSPS) is 14.7. The highest BCUT2D eigenvalue weighted by Gasteiger charge is 2.25. The first-order chi connectivity index (χ1) is 25.0. The third-order valence-electron chi connectivity index (χ3n) is 10.2. The predicted octanol–water partition coefficient (Wildman–Crippen LogP) is 11.5. The minimum absolute atomic E-state index is 0.00719. The number of likely N-dealkylation sites (tertiary alicyclic amines) is 1. The van der Waals surface area contributed by atoms with Crippen LogP contribution in [0.25, 0.3) is 0 Å². The maximum atomic E-state index is 12.8. The van der Waals surface area contributed by atoms with E-state index in [4.69, 9.17) is 14.2 Å². The van der Waals surface area contributed by atoms with Crippen molar-refractivity contribution in [2.24, 2.45) is 11.8 Å². The van der Waals surface area contributed by atoms with Crippen LogP contribution in [0.5, 0.6) is 0 Å². The van der Waals surface area contributed by atoms with Crippen LogP contribution < -0.4 is 0 Å². The molecule has 296 valence electrons. The summed E-state index contributed by atoms with van der Waals surface area (Å²) in [5.41, 5.74) is 0. The number of carbonyl (C=O) groups excluding carboxylic acids is 3. The van der Waals surface area contributed by atoms with Gasteiger partial charge >= 0.3 is 17.9 Å². The maximum absolute atomic E-state index is 12.8. The van der Waals surface area contributed by atoms with Gasteiger partial charge in [-0.25, -0.2) is 0 Å². The topological polar surface area (TPSA) is 82.1 Å². The molecule has 1 aliphatic rings. The molecule has 0 aromatic rings. The standard InChI is InChI=1S/C44H79NO6/c1-4-6-8-10-12-14-22-28-38-50-43(47)32-26-20-16-18-24-30-40(39-51-44(48)41-33-35-45(3)36-34-41)29-23-17-15-19-25-31-42(46)49-37-27-21-13-11-9-7-5-2/h21-22,27-28,40-41H,4-20,23-26,29-39H2,1-3H3/b27-21-,28-22-. The first-order valence-electron chi connectivity index (χ1n) is 21.4. The van der Waals surface area contributed by atoms with Crippen LogP contribution in [0.2, 0.25) is 0 Å². The number of rotatable bonds is 34. The maximum Gasteiger partial charge on any atom is 0.309 e. The summed E-state index contributed by atoms with van der Waals surface area (Å²) in [6, 6.07) is 0. The Labute approximate surface area is 314 Å². The van der Waals surface area contributed by atoms with Crippen LogP contribution in [0, 0.1) is 11.8 Å². The highest BCUT2D eigenvalue weighted by Crippen LogP contribution is 2.22. The van der Waals surface area contributed by atoms with E-state index in [2.05, 4.69) is 37.9 Å². The van der Waals surface area contributed by atoms with Gasteiger partial charge in [0.1, 0.15) is 13.2 Å². The van der Waals surface area contributed by atoms with Gasteiger partial charge < -0.3 is 19.1 Å². The van der Waals surface area contributed by atoms with E-state index >= 15 is 0 Å². The molecule has 1 rings (SSSR count). The molecule has 0 aromatic carbocycles. The van der Waals surface area contributed by atoms with Gasteiger partial charge in [-0.2, -0.15) is 0 Å². The number of esters is 3. The van der Waals surface area contributed by atoms with Gasteiger partial charge in [0.05, 0.1) is 12.5 Å². The van der Waals surface area contributed by atoms with Gasteiger partial charge in [0.15, 0.2) is 0 Å². The molecule has 0 saturated carbocycles. The SMILES string of the molecule is CCCCCC/C=C\COC(=O)CCCCCCCC(CCCCCCCC(=O)OC/C=C\CCCCCCC)COC(=O)C1CCN(C)CC1. The summed E-state index contributed by atoms with van der Waals surface area (Å²) in [7, 11) is 2.11. The summed E-state index contributed by atoms with van der Waals surface area (Å²) in [6.07, 6.45) is 37.3. The third kappa shape index (κ3) is 30.1. The lowest BCUT2D eigenvalue weighted by Crippen LogP contribution is -2.34. The lowest BCUT2D eigenvalue weighted by Gasteiger charge is -2.28. The zero-order valence-corrected chi connectivity index (χ0v) is 33.5. The van der Waals surface area contributed by atoms with Crippen LogP contribution in [-0.2, 0) is 28.6 Å². The Balaban J connectivity index is 2.21. The first kappa shape index (κ1) is 46.9. The molecular weight excluding hydrogens is 638 g/mol. The number of hydrogen-bond acceptors (Lipinski definition) is 7. The van der Waals surface area contributed by atoms with E-state index < -0.39 is 0 Å². The second-order valence-electron chi connectivity index (χ2n) is 15.0. The fraction of sp³-hybridized carbons (Fsp3) is 0.841. The smallest absolute Gasteiger partial charge is 0.309 e. The van der Waals surface area contributed by atoms with Gasteiger partial charge in [-0.1, -0.05) is 134 Å². The summed E-state index contributed by atoms with van der Waals surface area (Å²) in [4.78, 5) is 39.2. The number of unbranched alkanes of at least 4 members (excludes halogenated alkanes) is 17. The van der Waals surface area contributed by atoms with Gasteiger partial charge in [0, 0.05) is 12.8 Å². The lowest BCUT2D eigenvalue weighted by molar-refractivity contribution is -0.151. The van der Waals surface area contributed by atoms with Crippen molar-refractivity contribution in [3.63, 3.8) is 0 Å². The van der Waals surface area contributed by atoms with Crippen molar-refractivity contribution >= 4 is 17.9 Å². The van der Waals surface area contributed by atoms with Crippen molar-refractivity contribution in [1.82, 2.24) is 4.90 Å². The summed E-state index contributed by atoms with van der Waals surface area (Å²) < 4.78 is 16.6. The van der Waals surface area contributed by atoms with Crippen molar-refractivity contribution in [3.8, 4) is 0 Å². The Morgan fingerprint density at radius 1 is 0.569 bits per heavy atom. The Hall–Kier alpha value is -2.15. The molecule has 1 atom stereocenters. The number of ether oxygens (including phenoxy) is 3. The van der Waals surface area contributed by atoms with Crippen LogP contribution in [-0.4, -0.2) is 62.8 Å². The van der Waals surface area contributed by atoms with E-state index in [1.165, 1.54) is 57.8 Å². The van der Waals surface area contributed by atoms with Crippen LogP contribution in [0.3, 0.4) is 0 Å². The summed E-state index contributed by atoms with van der Waals surface area (Å²) in [6.45, 7) is 7.69. The molecule has 7 heteroatoms. The number of piperidine rings is 1. The van der Waals surface area contributed by atoms with E-state index in [1.807, 2.05) is 12.2 Å². The summed E-state index contributed by atoms with van der Waals surface area (Å²) >= 11 is 0. The van der Waals surface area contributed by atoms with Crippen LogP contribution in [0.1, 0.15) is 187 Å². The quantitative estimate of drug-likeness (QED) is 0.0284. The molecule has 1 unspecified atom stereocenters. The van der Waals surface area contributed by atoms with Crippen LogP contribution >= 0.6 is 0 Å². The fourth-order valence-corrected chi connectivity index (χ4v) is 6.69. The molecule has 0 aromatic heterocycles. The Morgan fingerprint density at radius 2 is 1.00 bits per heavy atom. The Kier molecular flexibility index (Phi) is 32.1.